The van der Waals surface area contributed by atoms with E-state index in [0.717, 1.165) is 5.56 Å². The fourth-order valence-corrected chi connectivity index (χ4v) is 2.29. The molecule has 0 radical (unpaired) electrons. The van der Waals surface area contributed by atoms with Crippen molar-refractivity contribution in [2.24, 2.45) is 0 Å². The minimum atomic E-state index is -0.405. The summed E-state index contributed by atoms with van der Waals surface area (Å²) in [6.07, 6.45) is 1.66. The van der Waals surface area contributed by atoms with Crippen molar-refractivity contribution in [1.82, 2.24) is 25.2 Å². The molecule has 0 aliphatic rings. The Morgan fingerprint density at radius 2 is 2.30 bits per heavy atom. The Hall–Kier alpha value is -2.16. The van der Waals surface area contributed by atoms with Crippen LogP contribution in [0.3, 0.4) is 0 Å². The molecule has 2 heterocycles. The summed E-state index contributed by atoms with van der Waals surface area (Å²) in [5.41, 5.74) is 0.924. The number of rotatable bonds is 6. The van der Waals surface area contributed by atoms with Gasteiger partial charge in [0, 0.05) is 17.5 Å². The second-order valence-corrected chi connectivity index (χ2v) is 4.60. The van der Waals surface area contributed by atoms with Crippen molar-refractivity contribution in [3.05, 3.63) is 23.9 Å². The molecule has 0 N–H and O–H groups in total. The summed E-state index contributed by atoms with van der Waals surface area (Å²) in [4.78, 5) is 15.3. The molecule has 0 aliphatic heterocycles. The van der Waals surface area contributed by atoms with Crippen LogP contribution >= 0.6 is 11.8 Å². The standard InChI is InChI=1S/C11H13N5O3S/c1-18-9(17)6-16-11(13-14-15-16)20-7-8-4-3-5-12-10(8)19-2/h3-5H,6-7H2,1-2H3. The van der Waals surface area contributed by atoms with Gasteiger partial charge in [0.15, 0.2) is 0 Å². The molecule has 106 valence electrons. The number of esters is 1. The maximum atomic E-state index is 11.2. The molecule has 2 aromatic heterocycles. The van der Waals surface area contributed by atoms with Gasteiger partial charge in [-0.3, -0.25) is 4.79 Å². The number of carbonyl (C=O) groups excluding carboxylic acids is 1. The molecule has 0 aromatic carbocycles. The summed E-state index contributed by atoms with van der Waals surface area (Å²) in [6, 6.07) is 3.74. The molecule has 8 nitrogen and oxygen atoms in total. The van der Waals surface area contributed by atoms with Gasteiger partial charge in [0.2, 0.25) is 11.0 Å². The Labute approximate surface area is 119 Å². The van der Waals surface area contributed by atoms with E-state index < -0.39 is 5.97 Å². The minimum Gasteiger partial charge on any atom is -0.481 e. The van der Waals surface area contributed by atoms with Crippen molar-refractivity contribution in [1.29, 1.82) is 0 Å². The zero-order valence-corrected chi connectivity index (χ0v) is 11.8. The van der Waals surface area contributed by atoms with Gasteiger partial charge >= 0.3 is 5.97 Å². The number of ether oxygens (including phenoxy) is 2. The van der Waals surface area contributed by atoms with E-state index in [-0.39, 0.29) is 6.54 Å². The second-order valence-electron chi connectivity index (χ2n) is 3.66. The van der Waals surface area contributed by atoms with Gasteiger partial charge < -0.3 is 9.47 Å². The van der Waals surface area contributed by atoms with Gasteiger partial charge in [-0.25, -0.2) is 9.67 Å². The maximum Gasteiger partial charge on any atom is 0.327 e. The van der Waals surface area contributed by atoms with Crippen LogP contribution in [0, 0.1) is 0 Å². The van der Waals surface area contributed by atoms with Gasteiger partial charge in [-0.15, -0.1) is 5.10 Å². The van der Waals surface area contributed by atoms with Gasteiger partial charge in [0.05, 0.1) is 14.2 Å². The van der Waals surface area contributed by atoms with Crippen LogP contribution in [-0.4, -0.2) is 45.4 Å². The number of pyridine rings is 1. The van der Waals surface area contributed by atoms with E-state index in [4.69, 9.17) is 4.74 Å². The SMILES string of the molecule is COC(=O)Cn1nnnc1SCc1cccnc1OC. The van der Waals surface area contributed by atoms with Gasteiger partial charge in [-0.05, 0) is 16.5 Å². The Bertz CT molecular complexity index is 589. The fourth-order valence-electron chi connectivity index (χ4n) is 1.45. The topological polar surface area (TPSA) is 92.0 Å². The highest BCUT2D eigenvalue weighted by Gasteiger charge is 2.12. The minimum absolute atomic E-state index is 0.0178. The molecule has 0 unspecified atom stereocenters. The molecule has 0 bridgehead atoms. The third-order valence-electron chi connectivity index (χ3n) is 2.41. The highest BCUT2D eigenvalue weighted by molar-refractivity contribution is 7.98. The Morgan fingerprint density at radius 3 is 3.05 bits per heavy atom. The first-order valence-electron chi connectivity index (χ1n) is 5.68. The van der Waals surface area contributed by atoms with Gasteiger partial charge in [0.25, 0.3) is 0 Å². The lowest BCUT2D eigenvalue weighted by Crippen LogP contribution is -2.13. The highest BCUT2D eigenvalue weighted by atomic mass is 32.2. The summed E-state index contributed by atoms with van der Waals surface area (Å²) < 4.78 is 11.1. The molecule has 2 rings (SSSR count). The highest BCUT2D eigenvalue weighted by Crippen LogP contribution is 2.24. The number of aromatic nitrogens is 5. The van der Waals surface area contributed by atoms with Crippen molar-refractivity contribution in [3.8, 4) is 5.88 Å². The summed E-state index contributed by atoms with van der Waals surface area (Å²) in [5.74, 6) is 0.739. The molecule has 0 saturated carbocycles. The smallest absolute Gasteiger partial charge is 0.327 e. The van der Waals surface area contributed by atoms with E-state index in [0.29, 0.717) is 16.8 Å². The van der Waals surface area contributed by atoms with Crippen molar-refractivity contribution in [2.45, 2.75) is 17.5 Å². The summed E-state index contributed by atoms with van der Waals surface area (Å²) in [6.45, 7) is -0.0178. The normalized spacial score (nSPS) is 10.3. The molecule has 0 aliphatic carbocycles. The van der Waals surface area contributed by atoms with Gasteiger partial charge in [-0.2, -0.15) is 0 Å². The molecule has 0 spiro atoms. The van der Waals surface area contributed by atoms with Crippen LogP contribution in [-0.2, 0) is 21.8 Å². The average Bonchev–Trinajstić information content (AvgIpc) is 2.92. The lowest BCUT2D eigenvalue weighted by atomic mass is 10.3. The largest absolute Gasteiger partial charge is 0.481 e. The van der Waals surface area contributed by atoms with Crippen LogP contribution in [0.2, 0.25) is 0 Å². The van der Waals surface area contributed by atoms with E-state index in [2.05, 4.69) is 25.2 Å². The quantitative estimate of drug-likeness (QED) is 0.563. The van der Waals surface area contributed by atoms with Crippen LogP contribution in [0.1, 0.15) is 5.56 Å². The van der Waals surface area contributed by atoms with Crippen LogP contribution in [0.5, 0.6) is 5.88 Å². The molecule has 0 amide bonds. The molecule has 9 heteroatoms. The Balaban J connectivity index is 2.04. The summed E-state index contributed by atoms with van der Waals surface area (Å²) in [5, 5.41) is 11.7. The molecular formula is C11H13N5O3S. The predicted octanol–water partition coefficient (Wildman–Crippen LogP) is 0.542. The van der Waals surface area contributed by atoms with Crippen LogP contribution in [0.25, 0.3) is 0 Å². The van der Waals surface area contributed by atoms with Crippen molar-refractivity contribution < 1.29 is 14.3 Å². The number of carbonyl (C=O) groups is 1. The van der Waals surface area contributed by atoms with Crippen molar-refractivity contribution in [2.75, 3.05) is 14.2 Å². The Kier molecular flexibility index (Phi) is 4.88. The predicted molar refractivity (Wildman–Crippen MR) is 70.2 cm³/mol. The van der Waals surface area contributed by atoms with Crippen molar-refractivity contribution >= 4 is 17.7 Å². The van der Waals surface area contributed by atoms with E-state index in [1.165, 1.54) is 23.6 Å². The molecule has 0 atom stereocenters. The van der Waals surface area contributed by atoms with E-state index in [9.17, 15) is 4.79 Å². The second kappa shape index (κ2) is 6.85. The molecule has 20 heavy (non-hydrogen) atoms. The van der Waals surface area contributed by atoms with Gasteiger partial charge in [0.1, 0.15) is 6.54 Å². The maximum absolute atomic E-state index is 11.2. The fraction of sp³-hybridized carbons (Fsp3) is 0.364. The summed E-state index contributed by atoms with van der Waals surface area (Å²) in [7, 11) is 2.89. The molecule has 0 saturated heterocycles. The number of hydrogen-bond acceptors (Lipinski definition) is 8. The molecule has 0 fully saturated rings. The number of tetrazole rings is 1. The first-order valence-corrected chi connectivity index (χ1v) is 6.66. The zero-order valence-electron chi connectivity index (χ0n) is 11.0. The van der Waals surface area contributed by atoms with E-state index in [1.54, 1.807) is 13.3 Å². The molecule has 2 aromatic rings. The number of hydrogen-bond donors (Lipinski definition) is 0. The Morgan fingerprint density at radius 1 is 1.45 bits per heavy atom. The lowest BCUT2D eigenvalue weighted by Gasteiger charge is -2.06. The first-order chi connectivity index (χ1) is 9.74. The van der Waals surface area contributed by atoms with Gasteiger partial charge in [-0.1, -0.05) is 17.8 Å². The first kappa shape index (κ1) is 14.3. The monoisotopic (exact) mass is 295 g/mol. The zero-order chi connectivity index (χ0) is 14.4. The van der Waals surface area contributed by atoms with Crippen LogP contribution in [0.15, 0.2) is 23.5 Å². The third kappa shape index (κ3) is 3.44. The number of methoxy groups -OCH3 is 2. The molecular weight excluding hydrogens is 282 g/mol. The van der Waals surface area contributed by atoms with E-state index >= 15 is 0 Å². The van der Waals surface area contributed by atoms with E-state index in [1.807, 2.05) is 12.1 Å². The number of thioether (sulfide) groups is 1. The third-order valence-corrected chi connectivity index (χ3v) is 3.41. The number of nitrogens with zero attached hydrogens (tertiary/aromatic N) is 5. The van der Waals surface area contributed by atoms with Crippen LogP contribution < -0.4 is 4.74 Å². The summed E-state index contributed by atoms with van der Waals surface area (Å²) >= 11 is 1.39. The van der Waals surface area contributed by atoms with Crippen molar-refractivity contribution in [3.63, 3.8) is 0 Å². The van der Waals surface area contributed by atoms with Crippen LogP contribution in [0.4, 0.5) is 0 Å². The average molecular weight is 295 g/mol. The lowest BCUT2D eigenvalue weighted by molar-refractivity contribution is -0.141.